The number of halogens is 3. The van der Waals surface area contributed by atoms with E-state index in [1.807, 2.05) is 37.3 Å². The minimum Gasteiger partial charge on any atom is -0.328 e. The molecule has 7 nitrogen and oxygen atoms in total. The number of allylic oxidation sites excluding steroid dienone is 2. The fraction of sp³-hybridized carbons (Fsp3) is 0.333. The number of aromatic nitrogens is 5. The van der Waals surface area contributed by atoms with Gasteiger partial charge in [-0.3, -0.25) is 4.79 Å². The molecule has 0 spiro atoms. The summed E-state index contributed by atoms with van der Waals surface area (Å²) in [5.74, 6) is -1.35. The van der Waals surface area contributed by atoms with E-state index in [-0.39, 0.29) is 11.7 Å². The minimum absolute atomic E-state index is 0.0166. The second kappa shape index (κ2) is 6.79. The number of carbonyl (C=O) groups is 1. The molecule has 160 valence electrons. The fourth-order valence-electron chi connectivity index (χ4n) is 4.41. The van der Waals surface area contributed by atoms with Crippen LogP contribution in [0, 0.1) is 13.8 Å². The minimum atomic E-state index is -4.70. The largest absolute Gasteiger partial charge is 0.453 e. The topological polar surface area (TPSA) is 77.6 Å². The fourth-order valence-corrected chi connectivity index (χ4v) is 4.41. The van der Waals surface area contributed by atoms with Crippen molar-refractivity contribution in [2.45, 2.75) is 45.3 Å². The number of benzene rings is 1. The molecule has 10 heteroatoms. The van der Waals surface area contributed by atoms with Crippen LogP contribution in [0.4, 0.5) is 19.1 Å². The van der Waals surface area contributed by atoms with E-state index in [9.17, 15) is 18.0 Å². The van der Waals surface area contributed by atoms with Crippen LogP contribution >= 0.6 is 0 Å². The highest BCUT2D eigenvalue weighted by Crippen LogP contribution is 2.43. The highest BCUT2D eigenvalue weighted by atomic mass is 19.4. The van der Waals surface area contributed by atoms with Crippen LogP contribution in [0.15, 0.2) is 41.6 Å². The van der Waals surface area contributed by atoms with E-state index in [0.717, 1.165) is 11.4 Å². The molecule has 0 saturated carbocycles. The first-order chi connectivity index (χ1) is 14.8. The number of Topliss-reactive ketones (excluding diaryl/α,β-unsaturated/α-hetero) is 1. The normalized spacial score (nSPS) is 18.6. The third-order valence-electron chi connectivity index (χ3n) is 5.74. The van der Waals surface area contributed by atoms with Crippen LogP contribution < -0.4 is 5.32 Å². The molecule has 2 aromatic heterocycles. The Morgan fingerprint density at radius 3 is 2.55 bits per heavy atom. The predicted molar refractivity (Wildman–Crippen MR) is 106 cm³/mol. The zero-order valence-corrected chi connectivity index (χ0v) is 16.9. The first-order valence-electron chi connectivity index (χ1n) is 9.94. The van der Waals surface area contributed by atoms with Gasteiger partial charge in [-0.1, -0.05) is 18.2 Å². The molecule has 0 bridgehead atoms. The maximum absolute atomic E-state index is 13.4. The number of para-hydroxylation sites is 1. The quantitative estimate of drug-likeness (QED) is 0.664. The maximum atomic E-state index is 13.4. The number of hydrogen-bond donors (Lipinski definition) is 1. The lowest BCUT2D eigenvalue weighted by molar-refractivity contribution is -0.145. The SMILES string of the molecule is Cc1nn(-c2ccccc2)c(C)c1[C@@H]1C2=C(CCCC2=O)Nc2nc(C(F)(F)F)nn21. The Bertz CT molecular complexity index is 1220. The molecule has 31 heavy (non-hydrogen) atoms. The van der Waals surface area contributed by atoms with Gasteiger partial charge in [-0.15, -0.1) is 5.10 Å². The Labute approximate surface area is 175 Å². The highest BCUT2D eigenvalue weighted by Gasteiger charge is 2.43. The van der Waals surface area contributed by atoms with Crippen LogP contribution in [0.2, 0.25) is 0 Å². The molecule has 1 atom stereocenters. The van der Waals surface area contributed by atoms with Gasteiger partial charge in [-0.25, -0.2) is 9.36 Å². The smallest absolute Gasteiger partial charge is 0.328 e. The molecule has 1 N–H and O–H groups in total. The van der Waals surface area contributed by atoms with Crippen molar-refractivity contribution in [2.24, 2.45) is 0 Å². The van der Waals surface area contributed by atoms with Gasteiger partial charge in [0.2, 0.25) is 5.95 Å². The predicted octanol–water partition coefficient (Wildman–Crippen LogP) is 4.12. The molecule has 0 amide bonds. The zero-order valence-electron chi connectivity index (χ0n) is 16.9. The van der Waals surface area contributed by atoms with Gasteiger partial charge in [0.15, 0.2) is 5.78 Å². The molecular weight excluding hydrogens is 409 g/mol. The summed E-state index contributed by atoms with van der Waals surface area (Å²) in [6, 6.07) is 8.62. The molecule has 1 aromatic carbocycles. The summed E-state index contributed by atoms with van der Waals surface area (Å²) in [6.45, 7) is 3.64. The lowest BCUT2D eigenvalue weighted by atomic mass is 9.85. The van der Waals surface area contributed by atoms with Crippen molar-refractivity contribution in [1.29, 1.82) is 0 Å². The van der Waals surface area contributed by atoms with Crippen LogP contribution in [-0.2, 0) is 11.0 Å². The van der Waals surface area contributed by atoms with Crippen molar-refractivity contribution >= 4 is 11.7 Å². The van der Waals surface area contributed by atoms with Crippen LogP contribution in [-0.4, -0.2) is 30.3 Å². The molecule has 0 fully saturated rings. The summed E-state index contributed by atoms with van der Waals surface area (Å²) in [5.41, 5.74) is 3.89. The Balaban J connectivity index is 1.74. The van der Waals surface area contributed by atoms with E-state index in [2.05, 4.69) is 20.5 Å². The van der Waals surface area contributed by atoms with Gasteiger partial charge in [0.1, 0.15) is 6.04 Å². The number of rotatable bonds is 2. The molecule has 0 saturated heterocycles. The van der Waals surface area contributed by atoms with Crippen molar-refractivity contribution < 1.29 is 18.0 Å². The van der Waals surface area contributed by atoms with Gasteiger partial charge in [-0.2, -0.15) is 23.3 Å². The third-order valence-corrected chi connectivity index (χ3v) is 5.74. The number of hydrogen-bond acceptors (Lipinski definition) is 5. The van der Waals surface area contributed by atoms with E-state index < -0.39 is 18.0 Å². The lowest BCUT2D eigenvalue weighted by Crippen LogP contribution is -2.32. The Morgan fingerprint density at radius 1 is 1.10 bits per heavy atom. The number of alkyl halides is 3. The Kier molecular flexibility index (Phi) is 4.28. The second-order valence-electron chi connectivity index (χ2n) is 7.73. The molecule has 0 unspecified atom stereocenters. The van der Waals surface area contributed by atoms with E-state index in [1.165, 1.54) is 4.68 Å². The summed E-state index contributed by atoms with van der Waals surface area (Å²) < 4.78 is 43.0. The molecule has 5 rings (SSSR count). The van der Waals surface area contributed by atoms with E-state index in [0.29, 0.717) is 41.8 Å². The van der Waals surface area contributed by atoms with E-state index in [4.69, 9.17) is 0 Å². The number of nitrogens with one attached hydrogen (secondary N) is 1. The maximum Gasteiger partial charge on any atom is 0.453 e. The van der Waals surface area contributed by atoms with Gasteiger partial charge in [-0.05, 0) is 38.8 Å². The zero-order chi connectivity index (χ0) is 21.9. The monoisotopic (exact) mass is 428 g/mol. The van der Waals surface area contributed by atoms with Crippen LogP contribution in [0.3, 0.4) is 0 Å². The molecular formula is C21H19F3N6O. The van der Waals surface area contributed by atoms with Crippen LogP contribution in [0.5, 0.6) is 0 Å². The van der Waals surface area contributed by atoms with Gasteiger partial charge in [0.05, 0.1) is 11.4 Å². The summed E-state index contributed by atoms with van der Waals surface area (Å²) in [6.07, 6.45) is -3.15. The van der Waals surface area contributed by atoms with Crippen LogP contribution in [0.25, 0.3) is 5.69 Å². The number of ketones is 1. The Hall–Kier alpha value is -3.43. The number of aryl methyl sites for hydroxylation is 1. The summed E-state index contributed by atoms with van der Waals surface area (Å²) in [4.78, 5) is 16.6. The number of nitrogens with zero attached hydrogens (tertiary/aromatic N) is 5. The summed E-state index contributed by atoms with van der Waals surface area (Å²) in [7, 11) is 0. The summed E-state index contributed by atoms with van der Waals surface area (Å²) >= 11 is 0. The highest BCUT2D eigenvalue weighted by molar-refractivity contribution is 5.99. The van der Waals surface area contributed by atoms with Gasteiger partial charge >= 0.3 is 6.18 Å². The van der Waals surface area contributed by atoms with Crippen molar-refractivity contribution in [3.63, 3.8) is 0 Å². The summed E-state index contributed by atoms with van der Waals surface area (Å²) in [5, 5.41) is 11.3. The van der Waals surface area contributed by atoms with Gasteiger partial charge in [0, 0.05) is 28.9 Å². The van der Waals surface area contributed by atoms with E-state index in [1.54, 1.807) is 11.6 Å². The number of fused-ring (bicyclic) bond motifs is 1. The van der Waals surface area contributed by atoms with Crippen molar-refractivity contribution in [3.8, 4) is 5.69 Å². The molecule has 1 aliphatic carbocycles. The molecule has 2 aliphatic rings. The first-order valence-corrected chi connectivity index (χ1v) is 9.94. The molecule has 3 heterocycles. The van der Waals surface area contributed by atoms with Crippen molar-refractivity contribution in [1.82, 2.24) is 24.5 Å². The first kappa shape index (κ1) is 19.5. The Morgan fingerprint density at radius 2 is 1.84 bits per heavy atom. The standard InChI is InChI=1S/C21H19F3N6O/c1-11-16(12(2)29(27-11)13-7-4-3-5-8-13)18-17-14(9-6-10-15(17)31)25-20-26-19(21(22,23)24)28-30(18)20/h3-5,7-8,18H,6,9-10H2,1-2H3,(H,25,26,28)/t18-/m1/s1. The average Bonchev–Trinajstić information content (AvgIpc) is 3.28. The lowest BCUT2D eigenvalue weighted by Gasteiger charge is -2.32. The van der Waals surface area contributed by atoms with Crippen LogP contribution in [0.1, 0.15) is 48.1 Å². The molecule has 1 aliphatic heterocycles. The average molecular weight is 428 g/mol. The van der Waals surface area contributed by atoms with Gasteiger partial charge in [0.25, 0.3) is 5.82 Å². The molecule has 0 radical (unpaired) electrons. The number of carbonyl (C=O) groups excluding carboxylic acids is 1. The third kappa shape index (κ3) is 3.05. The van der Waals surface area contributed by atoms with Gasteiger partial charge < -0.3 is 5.32 Å². The van der Waals surface area contributed by atoms with Crippen molar-refractivity contribution in [3.05, 3.63) is 64.4 Å². The molecule has 3 aromatic rings. The van der Waals surface area contributed by atoms with Crippen molar-refractivity contribution in [2.75, 3.05) is 5.32 Å². The second-order valence-corrected chi connectivity index (χ2v) is 7.73. The number of anilines is 1. The van der Waals surface area contributed by atoms with E-state index >= 15 is 0 Å².